The molecule has 1 aromatic rings. The summed E-state index contributed by atoms with van der Waals surface area (Å²) in [5, 5.41) is 6.41. The molecule has 0 spiro atoms. The van der Waals surface area contributed by atoms with E-state index in [0.717, 1.165) is 5.56 Å². The van der Waals surface area contributed by atoms with Crippen molar-refractivity contribution in [2.24, 2.45) is 4.99 Å². The number of guanidine groups is 1. The van der Waals surface area contributed by atoms with Crippen molar-refractivity contribution in [1.29, 1.82) is 0 Å². The molecule has 0 radical (unpaired) electrons. The Bertz CT molecular complexity index is 663. The van der Waals surface area contributed by atoms with Gasteiger partial charge in [-0.2, -0.15) is 4.31 Å². The van der Waals surface area contributed by atoms with Gasteiger partial charge in [0.15, 0.2) is 5.96 Å². The Hall–Kier alpha value is -0.910. The van der Waals surface area contributed by atoms with Crippen LogP contribution >= 0.6 is 24.0 Å². The monoisotopic (exact) mass is 498 g/mol. The number of hydrogen-bond acceptors (Lipinski definition) is 4. The highest BCUT2D eigenvalue weighted by molar-refractivity contribution is 14.0. The summed E-state index contributed by atoms with van der Waals surface area (Å²) in [5.74, 6) is 0.667. The second-order valence-electron chi connectivity index (χ2n) is 6.19. The van der Waals surface area contributed by atoms with E-state index in [9.17, 15) is 8.42 Å². The van der Waals surface area contributed by atoms with Crippen molar-refractivity contribution in [1.82, 2.24) is 14.9 Å². The predicted octanol–water partition coefficient (Wildman–Crippen LogP) is 2.03. The number of aliphatic imine (C=N–C) groups is 1. The number of sulfonamides is 1. The van der Waals surface area contributed by atoms with Gasteiger partial charge in [-0.1, -0.05) is 12.1 Å². The molecule has 0 aliphatic carbocycles. The number of ether oxygens (including phenoxy) is 1. The Balaban J connectivity index is 0.00000625. The summed E-state index contributed by atoms with van der Waals surface area (Å²) >= 11 is 0. The van der Waals surface area contributed by atoms with Gasteiger partial charge in [0.05, 0.1) is 11.5 Å². The standard InChI is InChI=1S/C17H30N4O3S.HI/c1-13(2)21(5)25(22,23)16-9-7-15(8-10-16)11-19-17(18-4)20-14(3)12-24-6;/h7-10,13-14H,11-12H2,1-6H3,(H2,18,19,20);1H. The van der Waals surface area contributed by atoms with Crippen LogP contribution in [0.2, 0.25) is 0 Å². The van der Waals surface area contributed by atoms with Crippen molar-refractivity contribution >= 4 is 40.0 Å². The molecule has 0 saturated heterocycles. The van der Waals surface area contributed by atoms with Crippen LogP contribution in [0, 0.1) is 0 Å². The summed E-state index contributed by atoms with van der Waals surface area (Å²) < 4.78 is 31.3. The molecule has 1 atom stereocenters. The smallest absolute Gasteiger partial charge is 0.243 e. The van der Waals surface area contributed by atoms with E-state index in [0.29, 0.717) is 24.0 Å². The Morgan fingerprint density at radius 1 is 1.23 bits per heavy atom. The van der Waals surface area contributed by atoms with Crippen LogP contribution < -0.4 is 10.6 Å². The molecule has 0 aromatic heterocycles. The van der Waals surface area contributed by atoms with E-state index in [1.54, 1.807) is 45.5 Å². The number of halogens is 1. The fraction of sp³-hybridized carbons (Fsp3) is 0.588. The van der Waals surface area contributed by atoms with Crippen LogP contribution in [-0.4, -0.2) is 58.6 Å². The lowest BCUT2D eigenvalue weighted by Gasteiger charge is -2.21. The third-order valence-corrected chi connectivity index (χ3v) is 5.86. The molecule has 0 amide bonds. The molecule has 150 valence electrons. The average Bonchev–Trinajstić information content (AvgIpc) is 2.58. The summed E-state index contributed by atoms with van der Waals surface area (Å²) in [4.78, 5) is 4.46. The molecule has 0 fully saturated rings. The van der Waals surface area contributed by atoms with Gasteiger partial charge in [-0.15, -0.1) is 24.0 Å². The summed E-state index contributed by atoms with van der Waals surface area (Å²) in [5.41, 5.74) is 0.966. The van der Waals surface area contributed by atoms with E-state index in [1.807, 2.05) is 20.8 Å². The topological polar surface area (TPSA) is 83.0 Å². The highest BCUT2D eigenvalue weighted by atomic mass is 127. The highest BCUT2D eigenvalue weighted by Crippen LogP contribution is 2.17. The quantitative estimate of drug-likeness (QED) is 0.326. The molecule has 0 aliphatic rings. The molecule has 2 N–H and O–H groups in total. The molecule has 7 nitrogen and oxygen atoms in total. The Labute approximate surface area is 174 Å². The van der Waals surface area contributed by atoms with Crippen LogP contribution in [0.25, 0.3) is 0 Å². The van der Waals surface area contributed by atoms with E-state index in [-0.39, 0.29) is 36.1 Å². The Morgan fingerprint density at radius 2 is 1.81 bits per heavy atom. The van der Waals surface area contributed by atoms with Gasteiger partial charge in [0, 0.05) is 39.8 Å². The van der Waals surface area contributed by atoms with Gasteiger partial charge in [0.2, 0.25) is 10.0 Å². The summed E-state index contributed by atoms with van der Waals surface area (Å²) in [7, 11) is 1.49. The van der Waals surface area contributed by atoms with Gasteiger partial charge in [0.25, 0.3) is 0 Å². The minimum atomic E-state index is -3.45. The third kappa shape index (κ3) is 7.37. The normalized spacial score (nSPS) is 13.5. The second-order valence-corrected chi connectivity index (χ2v) is 8.18. The maximum atomic E-state index is 12.4. The molecule has 26 heavy (non-hydrogen) atoms. The SMILES string of the molecule is CN=C(NCc1ccc(S(=O)(=O)N(C)C(C)C)cc1)NC(C)COC.I. The number of nitrogens with zero attached hydrogens (tertiary/aromatic N) is 2. The number of hydrogen-bond donors (Lipinski definition) is 2. The average molecular weight is 498 g/mol. The molecule has 1 aromatic carbocycles. The van der Waals surface area contributed by atoms with E-state index < -0.39 is 10.0 Å². The number of nitrogens with one attached hydrogen (secondary N) is 2. The highest BCUT2D eigenvalue weighted by Gasteiger charge is 2.22. The van der Waals surface area contributed by atoms with Crippen LogP contribution in [0.5, 0.6) is 0 Å². The van der Waals surface area contributed by atoms with Gasteiger partial charge in [-0.05, 0) is 38.5 Å². The predicted molar refractivity (Wildman–Crippen MR) is 117 cm³/mol. The minimum absolute atomic E-state index is 0. The first-order chi connectivity index (χ1) is 11.7. The Morgan fingerprint density at radius 3 is 2.27 bits per heavy atom. The van der Waals surface area contributed by atoms with E-state index in [4.69, 9.17) is 4.74 Å². The Kier molecular flexibility index (Phi) is 11.3. The lowest BCUT2D eigenvalue weighted by molar-refractivity contribution is 0.179. The van der Waals surface area contributed by atoms with Gasteiger partial charge >= 0.3 is 0 Å². The largest absolute Gasteiger partial charge is 0.383 e. The molecule has 0 bridgehead atoms. The molecule has 1 rings (SSSR count). The van der Waals surface area contributed by atoms with Crippen LogP contribution in [0.15, 0.2) is 34.2 Å². The van der Waals surface area contributed by atoms with Gasteiger partial charge in [-0.3, -0.25) is 4.99 Å². The number of methoxy groups -OCH3 is 1. The van der Waals surface area contributed by atoms with Crippen molar-refractivity contribution in [2.45, 2.75) is 44.3 Å². The molecule has 1 unspecified atom stereocenters. The van der Waals surface area contributed by atoms with Crippen molar-refractivity contribution in [2.75, 3.05) is 27.8 Å². The molecular weight excluding hydrogens is 467 g/mol. The maximum absolute atomic E-state index is 12.4. The fourth-order valence-corrected chi connectivity index (χ4v) is 3.50. The second kappa shape index (κ2) is 11.7. The molecule has 0 heterocycles. The zero-order valence-electron chi connectivity index (χ0n) is 16.3. The van der Waals surface area contributed by atoms with Crippen LogP contribution in [0.1, 0.15) is 26.3 Å². The molecular formula is C17H31IN4O3S. The summed E-state index contributed by atoms with van der Waals surface area (Å²) in [6.45, 7) is 6.82. The first-order valence-corrected chi connectivity index (χ1v) is 9.69. The van der Waals surface area contributed by atoms with Gasteiger partial charge in [0.1, 0.15) is 0 Å². The lowest BCUT2D eigenvalue weighted by atomic mass is 10.2. The van der Waals surface area contributed by atoms with Gasteiger partial charge < -0.3 is 15.4 Å². The van der Waals surface area contributed by atoms with Crippen molar-refractivity contribution in [3.63, 3.8) is 0 Å². The zero-order chi connectivity index (χ0) is 19.0. The zero-order valence-corrected chi connectivity index (χ0v) is 19.5. The first kappa shape index (κ1) is 25.1. The minimum Gasteiger partial charge on any atom is -0.383 e. The van der Waals surface area contributed by atoms with Crippen LogP contribution in [0.3, 0.4) is 0 Å². The third-order valence-electron chi connectivity index (χ3n) is 3.81. The molecule has 9 heteroatoms. The first-order valence-electron chi connectivity index (χ1n) is 8.25. The number of rotatable bonds is 8. The summed E-state index contributed by atoms with van der Waals surface area (Å²) in [6, 6.07) is 6.93. The number of benzene rings is 1. The van der Waals surface area contributed by atoms with Crippen molar-refractivity contribution in [3.05, 3.63) is 29.8 Å². The van der Waals surface area contributed by atoms with Crippen LogP contribution in [-0.2, 0) is 21.3 Å². The molecule has 0 saturated carbocycles. The lowest BCUT2D eigenvalue weighted by Crippen LogP contribution is -2.43. The van der Waals surface area contributed by atoms with Gasteiger partial charge in [-0.25, -0.2) is 8.42 Å². The van der Waals surface area contributed by atoms with E-state index in [1.165, 1.54) is 4.31 Å². The fourth-order valence-electron chi connectivity index (χ4n) is 2.13. The molecule has 0 aliphatic heterocycles. The maximum Gasteiger partial charge on any atom is 0.243 e. The van der Waals surface area contributed by atoms with E-state index >= 15 is 0 Å². The van der Waals surface area contributed by atoms with Crippen molar-refractivity contribution < 1.29 is 13.2 Å². The summed E-state index contributed by atoms with van der Waals surface area (Å²) in [6.07, 6.45) is 0. The van der Waals surface area contributed by atoms with Crippen LogP contribution in [0.4, 0.5) is 0 Å². The van der Waals surface area contributed by atoms with E-state index in [2.05, 4.69) is 15.6 Å². The van der Waals surface area contributed by atoms with Crippen molar-refractivity contribution in [3.8, 4) is 0 Å².